The highest BCUT2D eigenvalue weighted by atomic mass is 32.1. The van der Waals surface area contributed by atoms with Crippen LogP contribution in [0.15, 0.2) is 17.5 Å². The summed E-state index contributed by atoms with van der Waals surface area (Å²) >= 11 is 1.63. The second-order valence-corrected chi connectivity index (χ2v) is 8.40. The summed E-state index contributed by atoms with van der Waals surface area (Å²) in [5, 5.41) is 6.90. The van der Waals surface area contributed by atoms with E-state index in [9.17, 15) is 0 Å². The van der Waals surface area contributed by atoms with Crippen molar-refractivity contribution in [3.8, 4) is 28.6 Å². The summed E-state index contributed by atoms with van der Waals surface area (Å²) in [5.74, 6) is 2.02. The fourth-order valence-corrected chi connectivity index (χ4v) is 4.79. The zero-order valence-electron chi connectivity index (χ0n) is 20.5. The zero-order chi connectivity index (χ0) is 23.8. The summed E-state index contributed by atoms with van der Waals surface area (Å²) in [5.41, 5.74) is 3.72. The summed E-state index contributed by atoms with van der Waals surface area (Å²) in [6.07, 6.45) is 2.18. The van der Waals surface area contributed by atoms with Gasteiger partial charge < -0.3 is 28.6 Å². The van der Waals surface area contributed by atoms with Crippen molar-refractivity contribution in [1.82, 2.24) is 9.61 Å². The van der Waals surface area contributed by atoms with Gasteiger partial charge >= 0.3 is 0 Å². The summed E-state index contributed by atoms with van der Waals surface area (Å²) in [6, 6.07) is 3.98. The lowest BCUT2D eigenvalue weighted by Gasteiger charge is -2.23. The van der Waals surface area contributed by atoms with E-state index in [0.29, 0.717) is 37.2 Å². The van der Waals surface area contributed by atoms with E-state index in [4.69, 9.17) is 28.8 Å². The molecule has 0 fully saturated rings. The summed E-state index contributed by atoms with van der Waals surface area (Å²) < 4.78 is 30.1. The number of rotatable bonds is 14. The van der Waals surface area contributed by atoms with Gasteiger partial charge in [-0.15, -0.1) is 16.4 Å². The van der Waals surface area contributed by atoms with Crippen LogP contribution in [0.2, 0.25) is 0 Å². The standard InChI is InChI=1S/C24H35N3O5S/c1-7-9-10-26(11-12-28-3)22-23(31-6)25-27-18(16-33-24(22)27)21-19(29-4)13-17(15-32-8-2)14-20(21)30-5/h13-14,16H,7-12,15H2,1-6H3. The number of nitrogens with zero attached hydrogens (tertiary/aromatic N) is 3. The van der Waals surface area contributed by atoms with Crippen molar-refractivity contribution in [2.75, 3.05) is 59.6 Å². The second-order valence-electron chi connectivity index (χ2n) is 7.54. The van der Waals surface area contributed by atoms with Gasteiger partial charge in [-0.2, -0.15) is 0 Å². The average molecular weight is 478 g/mol. The number of hydrogen-bond acceptors (Lipinski definition) is 8. The Morgan fingerprint density at radius 1 is 1.00 bits per heavy atom. The molecule has 0 bridgehead atoms. The Labute approximate surface area is 200 Å². The van der Waals surface area contributed by atoms with E-state index in [2.05, 4.69) is 17.2 Å². The Bertz CT molecular complexity index is 1000. The lowest BCUT2D eigenvalue weighted by atomic mass is 10.1. The molecule has 9 heteroatoms. The van der Waals surface area contributed by atoms with Crippen molar-refractivity contribution in [1.29, 1.82) is 0 Å². The molecule has 3 aromatic rings. The third kappa shape index (κ3) is 5.37. The number of thiazole rings is 1. The highest BCUT2D eigenvalue weighted by molar-refractivity contribution is 7.16. The topological polar surface area (TPSA) is 66.7 Å². The smallest absolute Gasteiger partial charge is 0.258 e. The predicted octanol–water partition coefficient (Wildman–Crippen LogP) is 4.88. The summed E-state index contributed by atoms with van der Waals surface area (Å²) in [7, 11) is 6.71. The predicted molar refractivity (Wildman–Crippen MR) is 132 cm³/mol. The molecule has 0 saturated heterocycles. The zero-order valence-corrected chi connectivity index (χ0v) is 21.3. The summed E-state index contributed by atoms with van der Waals surface area (Å²) in [4.78, 5) is 3.31. The Hall–Kier alpha value is -2.49. The lowest BCUT2D eigenvalue weighted by Crippen LogP contribution is -2.28. The molecular weight excluding hydrogens is 442 g/mol. The molecule has 0 unspecified atom stereocenters. The van der Waals surface area contributed by atoms with Gasteiger partial charge in [-0.1, -0.05) is 13.3 Å². The average Bonchev–Trinajstić information content (AvgIpc) is 3.41. The minimum Gasteiger partial charge on any atom is -0.496 e. The molecular formula is C24H35N3O5S. The molecule has 0 radical (unpaired) electrons. The van der Waals surface area contributed by atoms with Crippen molar-refractivity contribution in [3.05, 3.63) is 23.1 Å². The quantitative estimate of drug-likeness (QED) is 0.328. The van der Waals surface area contributed by atoms with Crippen molar-refractivity contribution >= 4 is 21.9 Å². The molecule has 0 spiro atoms. The van der Waals surface area contributed by atoms with E-state index >= 15 is 0 Å². The van der Waals surface area contributed by atoms with E-state index in [-0.39, 0.29) is 0 Å². The van der Waals surface area contributed by atoms with E-state index in [0.717, 1.165) is 53.3 Å². The number of ether oxygens (including phenoxy) is 5. The maximum atomic E-state index is 5.77. The molecule has 0 amide bonds. The highest BCUT2D eigenvalue weighted by Crippen LogP contribution is 2.45. The van der Waals surface area contributed by atoms with Crippen LogP contribution < -0.4 is 19.1 Å². The van der Waals surface area contributed by atoms with Gasteiger partial charge in [0.25, 0.3) is 5.88 Å². The first kappa shape index (κ1) is 25.1. The molecule has 0 aliphatic carbocycles. The van der Waals surface area contributed by atoms with Gasteiger partial charge in [-0.3, -0.25) is 0 Å². The molecule has 0 saturated carbocycles. The molecule has 2 heterocycles. The first-order valence-electron chi connectivity index (χ1n) is 11.2. The van der Waals surface area contributed by atoms with Crippen molar-refractivity contribution in [3.63, 3.8) is 0 Å². The van der Waals surface area contributed by atoms with Gasteiger partial charge in [0, 0.05) is 32.2 Å². The number of aromatic nitrogens is 2. The third-order valence-corrected chi connectivity index (χ3v) is 6.38. The second kappa shape index (κ2) is 12.1. The van der Waals surface area contributed by atoms with E-state index < -0.39 is 0 Å². The van der Waals surface area contributed by atoms with Crippen molar-refractivity contribution in [2.24, 2.45) is 0 Å². The number of fused-ring (bicyclic) bond motifs is 1. The molecule has 0 N–H and O–H groups in total. The van der Waals surface area contributed by atoms with Gasteiger partial charge in [-0.25, -0.2) is 4.52 Å². The Kier molecular flexibility index (Phi) is 9.22. The maximum Gasteiger partial charge on any atom is 0.258 e. The number of benzene rings is 1. The number of unbranched alkanes of at least 4 members (excludes halogenated alkanes) is 1. The molecule has 0 aliphatic heterocycles. The fraction of sp³-hybridized carbons (Fsp3) is 0.542. The van der Waals surface area contributed by atoms with Crippen LogP contribution in [-0.2, 0) is 16.1 Å². The molecule has 182 valence electrons. The van der Waals surface area contributed by atoms with E-state index in [1.807, 2.05) is 23.6 Å². The normalized spacial score (nSPS) is 11.2. The van der Waals surface area contributed by atoms with Crippen LogP contribution in [0.1, 0.15) is 32.3 Å². The summed E-state index contributed by atoms with van der Waals surface area (Å²) in [6.45, 7) is 7.61. The van der Waals surface area contributed by atoms with Crippen LogP contribution in [0.5, 0.6) is 17.4 Å². The number of anilines is 1. The van der Waals surface area contributed by atoms with Gasteiger partial charge in [0.05, 0.1) is 45.8 Å². The van der Waals surface area contributed by atoms with Crippen LogP contribution >= 0.6 is 11.3 Å². The molecule has 2 aromatic heterocycles. The van der Waals surface area contributed by atoms with Gasteiger partial charge in [0.1, 0.15) is 22.0 Å². The molecule has 1 aromatic carbocycles. The van der Waals surface area contributed by atoms with Crippen LogP contribution in [0.4, 0.5) is 5.69 Å². The van der Waals surface area contributed by atoms with Crippen molar-refractivity contribution < 1.29 is 23.7 Å². The van der Waals surface area contributed by atoms with Crippen molar-refractivity contribution in [2.45, 2.75) is 33.3 Å². The van der Waals surface area contributed by atoms with Crippen LogP contribution in [0, 0.1) is 0 Å². The van der Waals surface area contributed by atoms with Crippen LogP contribution in [0.3, 0.4) is 0 Å². The van der Waals surface area contributed by atoms with E-state index in [1.165, 1.54) is 0 Å². The maximum absolute atomic E-state index is 5.77. The van der Waals surface area contributed by atoms with Crippen LogP contribution in [0.25, 0.3) is 16.1 Å². The highest BCUT2D eigenvalue weighted by Gasteiger charge is 2.26. The van der Waals surface area contributed by atoms with Gasteiger partial charge in [-0.05, 0) is 31.0 Å². The van der Waals surface area contributed by atoms with Gasteiger partial charge in [0.2, 0.25) is 0 Å². The SMILES string of the molecule is CCCCN(CCOC)c1c(OC)nn2c(-c3c(OC)cc(COCC)cc3OC)csc12. The number of hydrogen-bond donors (Lipinski definition) is 0. The fourth-order valence-electron chi connectivity index (χ4n) is 3.79. The van der Waals surface area contributed by atoms with E-state index in [1.54, 1.807) is 39.8 Å². The molecule has 8 nitrogen and oxygen atoms in total. The Morgan fingerprint density at radius 2 is 1.73 bits per heavy atom. The number of methoxy groups -OCH3 is 4. The first-order valence-corrected chi connectivity index (χ1v) is 12.1. The lowest BCUT2D eigenvalue weighted by molar-refractivity contribution is 0.133. The van der Waals surface area contributed by atoms with Crippen LogP contribution in [-0.4, -0.2) is 64.4 Å². The third-order valence-electron chi connectivity index (χ3n) is 5.45. The Morgan fingerprint density at radius 3 is 2.30 bits per heavy atom. The molecule has 33 heavy (non-hydrogen) atoms. The molecule has 0 aliphatic rings. The Balaban J connectivity index is 2.14. The van der Waals surface area contributed by atoms with Gasteiger partial charge in [0.15, 0.2) is 0 Å². The first-order chi connectivity index (χ1) is 16.1. The molecule has 0 atom stereocenters. The largest absolute Gasteiger partial charge is 0.496 e. The minimum absolute atomic E-state index is 0.494. The minimum atomic E-state index is 0.494. The monoisotopic (exact) mass is 477 g/mol. The molecule has 3 rings (SSSR count).